The number of rotatable bonds is 9. The molecule has 14 heteroatoms. The number of anilines is 1. The van der Waals surface area contributed by atoms with Crippen LogP contribution in [0, 0.1) is 0 Å². The van der Waals surface area contributed by atoms with E-state index in [9.17, 15) is 31.2 Å². The molecule has 0 spiro atoms. The minimum atomic E-state index is -4.78. The van der Waals surface area contributed by atoms with Crippen LogP contribution in [-0.4, -0.2) is 50.0 Å². The summed E-state index contributed by atoms with van der Waals surface area (Å²) in [7, 11) is -4.29. The molecule has 0 bridgehead atoms. The number of nitrogens with one attached hydrogen (secondary N) is 1. The van der Waals surface area contributed by atoms with Gasteiger partial charge in [0.05, 0.1) is 32.6 Å². The largest absolute Gasteiger partial charge is 0.416 e. The molecule has 7 nitrogen and oxygen atoms in total. The van der Waals surface area contributed by atoms with Crippen molar-refractivity contribution in [2.45, 2.75) is 57.4 Å². The molecule has 0 radical (unpaired) electrons. The molecule has 1 saturated carbocycles. The van der Waals surface area contributed by atoms with Gasteiger partial charge in [0.2, 0.25) is 21.8 Å². The lowest BCUT2D eigenvalue weighted by molar-refractivity contribution is -0.139. The molecule has 1 N–H and O–H groups in total. The zero-order valence-electron chi connectivity index (χ0n) is 21.1. The van der Waals surface area contributed by atoms with Crippen LogP contribution in [0.1, 0.15) is 43.7 Å². The Morgan fingerprint density at radius 1 is 1.03 bits per heavy atom. The minimum Gasteiger partial charge on any atom is -0.352 e. The van der Waals surface area contributed by atoms with Crippen molar-refractivity contribution in [1.29, 1.82) is 0 Å². The number of carbonyl (C=O) groups excluding carboxylic acids is 2. The highest BCUT2D eigenvalue weighted by Crippen LogP contribution is 2.36. The van der Waals surface area contributed by atoms with Gasteiger partial charge in [0.25, 0.3) is 0 Å². The Morgan fingerprint density at radius 3 is 2.21 bits per heavy atom. The van der Waals surface area contributed by atoms with Crippen molar-refractivity contribution in [2.75, 3.05) is 17.1 Å². The zero-order valence-corrected chi connectivity index (χ0v) is 24.1. The molecular weight excluding hydrogens is 602 g/mol. The number of hydrogen-bond acceptors (Lipinski definition) is 4. The van der Waals surface area contributed by atoms with E-state index < -0.39 is 51.9 Å². The second-order valence-electron chi connectivity index (χ2n) is 9.37. The molecule has 0 aromatic heterocycles. The van der Waals surface area contributed by atoms with E-state index in [-0.39, 0.29) is 27.7 Å². The fourth-order valence-electron chi connectivity index (χ4n) is 4.28. The lowest BCUT2D eigenvalue weighted by Gasteiger charge is -2.32. The van der Waals surface area contributed by atoms with Crippen LogP contribution in [0.2, 0.25) is 15.1 Å². The summed E-state index contributed by atoms with van der Waals surface area (Å²) in [5, 5.41) is 3.09. The number of nitrogens with zero attached hydrogens (tertiary/aromatic N) is 2. The average Bonchev–Trinajstić information content (AvgIpc) is 3.34. The van der Waals surface area contributed by atoms with E-state index in [0.717, 1.165) is 42.9 Å². The lowest BCUT2D eigenvalue weighted by atomic mass is 10.1. The number of sulfonamides is 1. The van der Waals surface area contributed by atoms with Gasteiger partial charge in [0.1, 0.15) is 12.6 Å². The van der Waals surface area contributed by atoms with Crippen LogP contribution in [0.15, 0.2) is 36.4 Å². The van der Waals surface area contributed by atoms with Crippen LogP contribution in [0.4, 0.5) is 18.9 Å². The van der Waals surface area contributed by atoms with Crippen LogP contribution < -0.4 is 9.62 Å². The summed E-state index contributed by atoms with van der Waals surface area (Å²) in [6.07, 6.45) is -0.502. The maximum Gasteiger partial charge on any atom is 0.416 e. The quantitative estimate of drug-likeness (QED) is 0.374. The van der Waals surface area contributed by atoms with Crippen LogP contribution in [-0.2, 0) is 32.3 Å². The molecule has 1 aliphatic carbocycles. The topological polar surface area (TPSA) is 86.8 Å². The Morgan fingerprint density at radius 2 is 1.64 bits per heavy atom. The number of alkyl halides is 3. The third-order valence-corrected chi connectivity index (χ3v) is 8.61. The summed E-state index contributed by atoms with van der Waals surface area (Å²) in [6, 6.07) is 5.70. The summed E-state index contributed by atoms with van der Waals surface area (Å²) >= 11 is 18.2. The first-order valence-electron chi connectivity index (χ1n) is 12.0. The van der Waals surface area contributed by atoms with Gasteiger partial charge in [-0.2, -0.15) is 13.2 Å². The molecule has 214 valence electrons. The molecule has 1 fully saturated rings. The van der Waals surface area contributed by atoms with Crippen molar-refractivity contribution in [3.05, 3.63) is 62.6 Å². The third kappa shape index (κ3) is 8.15. The number of halogens is 6. The zero-order chi connectivity index (χ0) is 29.1. The maximum atomic E-state index is 13.6. The van der Waals surface area contributed by atoms with Crippen molar-refractivity contribution in [1.82, 2.24) is 10.2 Å². The molecule has 0 saturated heterocycles. The van der Waals surface area contributed by atoms with Crippen LogP contribution >= 0.6 is 34.8 Å². The van der Waals surface area contributed by atoms with E-state index in [1.807, 2.05) is 0 Å². The van der Waals surface area contributed by atoms with Crippen molar-refractivity contribution in [3.8, 4) is 0 Å². The molecule has 0 heterocycles. The van der Waals surface area contributed by atoms with Gasteiger partial charge in [-0.15, -0.1) is 0 Å². The Kier molecular flexibility index (Phi) is 10.1. The highest BCUT2D eigenvalue weighted by Gasteiger charge is 2.35. The fraction of sp³-hybridized carbons (Fsp3) is 0.440. The summed E-state index contributed by atoms with van der Waals surface area (Å²) in [6.45, 7) is 0.437. The Bertz CT molecular complexity index is 1340. The van der Waals surface area contributed by atoms with E-state index in [1.165, 1.54) is 19.1 Å². The molecule has 2 amide bonds. The first-order chi connectivity index (χ1) is 18.1. The van der Waals surface area contributed by atoms with E-state index in [4.69, 9.17) is 34.8 Å². The van der Waals surface area contributed by atoms with Crippen molar-refractivity contribution in [3.63, 3.8) is 0 Å². The molecule has 2 aromatic rings. The van der Waals surface area contributed by atoms with Gasteiger partial charge in [-0.05, 0) is 55.7 Å². The van der Waals surface area contributed by atoms with Gasteiger partial charge in [-0.25, -0.2) is 8.42 Å². The van der Waals surface area contributed by atoms with Crippen molar-refractivity contribution < 1.29 is 31.2 Å². The molecule has 39 heavy (non-hydrogen) atoms. The highest BCUT2D eigenvalue weighted by atomic mass is 35.5. The SMILES string of the molecule is C[C@H](C(=O)NC1CCCC1)N(Cc1ccc(Cl)c(Cl)c1)C(=O)CN(c1cc(C(F)(F)F)ccc1Cl)S(C)(=O)=O. The highest BCUT2D eigenvalue weighted by molar-refractivity contribution is 7.92. The fourth-order valence-corrected chi connectivity index (χ4v) is 5.73. The molecule has 0 unspecified atom stereocenters. The standard InChI is InChI=1S/C25H27Cl3F3N3O4S/c1-15(24(36)32-18-5-3-4-6-18)33(13-16-7-9-19(26)21(28)11-16)23(35)14-34(39(2,37)38)22-12-17(25(29,30)31)8-10-20(22)27/h7-12,15,18H,3-6,13-14H2,1-2H3,(H,32,36)/t15-/m1/s1. The molecule has 2 aromatic carbocycles. The minimum absolute atomic E-state index is 0.0432. The van der Waals surface area contributed by atoms with E-state index >= 15 is 0 Å². The number of hydrogen-bond donors (Lipinski definition) is 1. The van der Waals surface area contributed by atoms with Crippen molar-refractivity contribution in [2.24, 2.45) is 0 Å². The Hall–Kier alpha value is -2.21. The van der Waals surface area contributed by atoms with E-state index in [0.29, 0.717) is 22.0 Å². The van der Waals surface area contributed by atoms with Crippen LogP contribution in [0.25, 0.3) is 0 Å². The van der Waals surface area contributed by atoms with E-state index in [1.54, 1.807) is 6.07 Å². The van der Waals surface area contributed by atoms with E-state index in [2.05, 4.69) is 5.32 Å². The average molecular weight is 629 g/mol. The predicted molar refractivity (Wildman–Crippen MR) is 146 cm³/mol. The van der Waals surface area contributed by atoms with Gasteiger partial charge < -0.3 is 10.2 Å². The van der Waals surface area contributed by atoms with Crippen LogP contribution in [0.5, 0.6) is 0 Å². The summed E-state index contributed by atoms with van der Waals surface area (Å²) in [5.74, 6) is -1.28. The Labute approximate surface area is 240 Å². The first-order valence-corrected chi connectivity index (χ1v) is 14.9. The van der Waals surface area contributed by atoms with Gasteiger partial charge in [-0.3, -0.25) is 13.9 Å². The summed E-state index contributed by atoms with van der Waals surface area (Å²) < 4.78 is 66.0. The van der Waals surface area contributed by atoms with Gasteiger partial charge in [-0.1, -0.05) is 53.7 Å². The monoisotopic (exact) mass is 627 g/mol. The van der Waals surface area contributed by atoms with Crippen molar-refractivity contribution >= 4 is 62.3 Å². The lowest BCUT2D eigenvalue weighted by Crippen LogP contribution is -2.52. The molecular formula is C25H27Cl3F3N3O4S. The molecule has 3 rings (SSSR count). The van der Waals surface area contributed by atoms with Crippen LogP contribution in [0.3, 0.4) is 0 Å². The molecule has 1 atom stereocenters. The first kappa shape index (κ1) is 31.3. The smallest absolute Gasteiger partial charge is 0.352 e. The summed E-state index contributed by atoms with van der Waals surface area (Å²) in [5.41, 5.74) is -1.15. The molecule has 1 aliphatic rings. The number of carbonyl (C=O) groups is 2. The van der Waals surface area contributed by atoms with Gasteiger partial charge >= 0.3 is 6.18 Å². The molecule has 0 aliphatic heterocycles. The van der Waals surface area contributed by atoms with Gasteiger partial charge in [0, 0.05) is 12.6 Å². The third-order valence-electron chi connectivity index (χ3n) is 6.43. The maximum absolute atomic E-state index is 13.6. The predicted octanol–water partition coefficient (Wildman–Crippen LogP) is 5.91. The Balaban J connectivity index is 1.97. The second kappa shape index (κ2) is 12.5. The second-order valence-corrected chi connectivity index (χ2v) is 12.5. The normalized spacial score (nSPS) is 15.2. The van der Waals surface area contributed by atoms with Gasteiger partial charge in [0.15, 0.2) is 0 Å². The number of benzene rings is 2. The summed E-state index contributed by atoms with van der Waals surface area (Å²) in [4.78, 5) is 27.9. The number of amides is 2.